The minimum Gasteiger partial charge on any atom is -0.373 e. The van der Waals surface area contributed by atoms with E-state index in [4.69, 9.17) is 5.11 Å². The maximum absolute atomic E-state index is 12.5. The highest BCUT2D eigenvalue weighted by atomic mass is 19.4. The van der Waals surface area contributed by atoms with E-state index in [1.54, 1.807) is 0 Å². The van der Waals surface area contributed by atoms with E-state index in [-0.39, 0.29) is 11.8 Å². The number of alkyl halides is 6. The second-order valence-electron chi connectivity index (χ2n) is 5.78. The molecule has 0 aromatic heterocycles. The van der Waals surface area contributed by atoms with E-state index in [0.29, 0.717) is 19.3 Å². The van der Waals surface area contributed by atoms with E-state index in [1.807, 2.05) is 0 Å². The van der Waals surface area contributed by atoms with Crippen LogP contribution in [-0.2, 0) is 4.79 Å². The van der Waals surface area contributed by atoms with Crippen molar-refractivity contribution < 1.29 is 36.2 Å². The summed E-state index contributed by atoms with van der Waals surface area (Å²) >= 11 is 0. The van der Waals surface area contributed by atoms with Gasteiger partial charge >= 0.3 is 12.4 Å². The maximum atomic E-state index is 12.5. The molecule has 0 radical (unpaired) electrons. The number of Topliss-reactive ketones (excluding diaryl/α,β-unsaturated/α-hetero) is 1. The minimum absolute atomic E-state index is 0.127. The Morgan fingerprint density at radius 2 is 1.55 bits per heavy atom. The number of fused-ring (bicyclic) bond motifs is 2. The molecule has 0 amide bonds. The Kier molecular flexibility index (Phi) is 3.59. The van der Waals surface area contributed by atoms with Crippen LogP contribution in [0.15, 0.2) is 0 Å². The van der Waals surface area contributed by atoms with Gasteiger partial charge in [-0.2, -0.15) is 26.3 Å². The molecule has 0 aromatic carbocycles. The fourth-order valence-corrected chi connectivity index (χ4v) is 3.38. The zero-order valence-electron chi connectivity index (χ0n) is 10.4. The number of carbonyl (C=O) groups excluding carboxylic acids is 1. The number of rotatable bonds is 3. The molecule has 0 saturated heterocycles. The predicted octanol–water partition coefficient (Wildman–Crippen LogP) is 3.24. The van der Waals surface area contributed by atoms with Crippen molar-refractivity contribution in [2.24, 2.45) is 17.8 Å². The van der Waals surface area contributed by atoms with Crippen LogP contribution in [0, 0.1) is 17.8 Å². The number of hydrogen-bond acceptors (Lipinski definition) is 2. The topological polar surface area (TPSA) is 37.3 Å². The molecule has 2 bridgehead atoms. The van der Waals surface area contributed by atoms with Gasteiger partial charge in [-0.15, -0.1) is 0 Å². The molecule has 20 heavy (non-hydrogen) atoms. The van der Waals surface area contributed by atoms with Crippen LogP contribution >= 0.6 is 0 Å². The molecule has 3 unspecified atom stereocenters. The lowest BCUT2D eigenvalue weighted by atomic mass is 9.81. The highest BCUT2D eigenvalue weighted by Crippen LogP contribution is 2.51. The Bertz CT molecular complexity index is 386. The zero-order valence-corrected chi connectivity index (χ0v) is 10.4. The van der Waals surface area contributed by atoms with Gasteiger partial charge in [0.15, 0.2) is 0 Å². The van der Waals surface area contributed by atoms with Gasteiger partial charge in [-0.3, -0.25) is 4.79 Å². The van der Waals surface area contributed by atoms with Gasteiger partial charge in [-0.1, -0.05) is 6.42 Å². The van der Waals surface area contributed by atoms with E-state index in [2.05, 4.69) is 0 Å². The normalized spacial score (nSPS) is 30.9. The number of aliphatic hydroxyl groups is 1. The monoisotopic (exact) mass is 304 g/mol. The summed E-state index contributed by atoms with van der Waals surface area (Å²) in [6.45, 7) is 0. The second kappa shape index (κ2) is 4.61. The molecule has 0 aliphatic heterocycles. The third-order valence-corrected chi connectivity index (χ3v) is 4.52. The molecule has 8 heteroatoms. The van der Waals surface area contributed by atoms with Gasteiger partial charge in [-0.05, 0) is 31.1 Å². The lowest BCUT2D eigenvalue weighted by molar-refractivity contribution is -0.367. The Morgan fingerprint density at radius 1 is 1.00 bits per heavy atom. The van der Waals surface area contributed by atoms with Gasteiger partial charge in [0.1, 0.15) is 5.78 Å². The van der Waals surface area contributed by atoms with E-state index in [1.165, 1.54) is 0 Å². The van der Waals surface area contributed by atoms with Crippen molar-refractivity contribution in [3.63, 3.8) is 0 Å². The number of hydrogen-bond donors (Lipinski definition) is 1. The van der Waals surface area contributed by atoms with Gasteiger partial charge in [0.25, 0.3) is 5.60 Å². The van der Waals surface area contributed by atoms with Crippen LogP contribution < -0.4 is 0 Å². The average Bonchev–Trinajstić information content (AvgIpc) is 2.87. The summed E-state index contributed by atoms with van der Waals surface area (Å²) in [4.78, 5) is 11.8. The maximum Gasteiger partial charge on any atom is 0.426 e. The van der Waals surface area contributed by atoms with E-state index in [9.17, 15) is 31.1 Å². The molecule has 2 nitrogen and oxygen atoms in total. The summed E-state index contributed by atoms with van der Waals surface area (Å²) in [6, 6.07) is 0. The van der Waals surface area contributed by atoms with Gasteiger partial charge in [0.05, 0.1) is 6.42 Å². The summed E-state index contributed by atoms with van der Waals surface area (Å²) in [5.41, 5.74) is -4.95. The molecular formula is C12H14F6O2. The quantitative estimate of drug-likeness (QED) is 0.813. The van der Waals surface area contributed by atoms with E-state index in [0.717, 1.165) is 6.42 Å². The van der Waals surface area contributed by atoms with E-state index < -0.39 is 36.1 Å². The van der Waals surface area contributed by atoms with Crippen LogP contribution in [0.4, 0.5) is 26.3 Å². The summed E-state index contributed by atoms with van der Waals surface area (Å²) in [6.07, 6.45) is -11.2. The number of halogens is 6. The smallest absolute Gasteiger partial charge is 0.373 e. The molecule has 0 heterocycles. The highest BCUT2D eigenvalue weighted by Gasteiger charge is 2.71. The van der Waals surface area contributed by atoms with Crippen molar-refractivity contribution in [3.8, 4) is 0 Å². The SMILES string of the molecule is O=C(CC(O)(C(F)(F)F)C(F)(F)F)C1CC2CCC1C2. The molecule has 2 saturated carbocycles. The van der Waals surface area contributed by atoms with Crippen molar-refractivity contribution in [2.75, 3.05) is 0 Å². The Labute approximate surface area is 111 Å². The zero-order chi connectivity index (χ0) is 15.3. The summed E-state index contributed by atoms with van der Waals surface area (Å²) in [7, 11) is 0. The van der Waals surface area contributed by atoms with Crippen LogP contribution in [0.5, 0.6) is 0 Å². The molecular weight excluding hydrogens is 290 g/mol. The summed E-state index contributed by atoms with van der Waals surface area (Å²) in [5, 5.41) is 9.01. The largest absolute Gasteiger partial charge is 0.426 e. The first-order valence-electron chi connectivity index (χ1n) is 6.34. The second-order valence-corrected chi connectivity index (χ2v) is 5.78. The lowest BCUT2D eigenvalue weighted by Gasteiger charge is -2.33. The minimum atomic E-state index is -5.92. The van der Waals surface area contributed by atoms with Crippen LogP contribution in [0.3, 0.4) is 0 Å². The van der Waals surface area contributed by atoms with Crippen LogP contribution in [-0.4, -0.2) is 28.8 Å². The first-order chi connectivity index (χ1) is 8.96. The van der Waals surface area contributed by atoms with Crippen molar-refractivity contribution in [1.29, 1.82) is 0 Å². The van der Waals surface area contributed by atoms with E-state index >= 15 is 0 Å². The lowest BCUT2D eigenvalue weighted by Crippen LogP contribution is -2.58. The molecule has 116 valence electrons. The standard InChI is InChI=1S/C12H14F6O2/c13-11(14,15)10(20,12(16,17)18)5-9(19)8-4-6-1-2-7(8)3-6/h6-8,20H,1-5H2. The fraction of sp³-hybridized carbons (Fsp3) is 0.917. The third-order valence-electron chi connectivity index (χ3n) is 4.52. The molecule has 0 spiro atoms. The summed E-state index contributed by atoms with van der Waals surface area (Å²) in [5.74, 6) is -1.81. The molecule has 3 atom stereocenters. The first-order valence-corrected chi connectivity index (χ1v) is 6.34. The predicted molar refractivity (Wildman–Crippen MR) is 55.6 cm³/mol. The Hall–Kier alpha value is -0.790. The molecule has 1 N–H and O–H groups in total. The molecule has 2 fully saturated rings. The van der Waals surface area contributed by atoms with Gasteiger partial charge in [0, 0.05) is 5.92 Å². The molecule has 2 rings (SSSR count). The molecule has 2 aliphatic rings. The van der Waals surface area contributed by atoms with Gasteiger partial charge in [-0.25, -0.2) is 0 Å². The van der Waals surface area contributed by atoms with Crippen LogP contribution in [0.1, 0.15) is 32.1 Å². The van der Waals surface area contributed by atoms with Crippen LogP contribution in [0.2, 0.25) is 0 Å². The van der Waals surface area contributed by atoms with Gasteiger partial charge in [0.2, 0.25) is 0 Å². The number of carbonyl (C=O) groups is 1. The Morgan fingerprint density at radius 3 is 1.90 bits per heavy atom. The first kappa shape index (κ1) is 15.6. The average molecular weight is 304 g/mol. The highest BCUT2D eigenvalue weighted by molar-refractivity contribution is 5.83. The Balaban J connectivity index is 2.15. The van der Waals surface area contributed by atoms with Gasteiger partial charge < -0.3 is 5.11 Å². The molecule has 0 aromatic rings. The van der Waals surface area contributed by atoms with Crippen molar-refractivity contribution in [1.82, 2.24) is 0 Å². The van der Waals surface area contributed by atoms with Crippen molar-refractivity contribution >= 4 is 5.78 Å². The fourth-order valence-electron chi connectivity index (χ4n) is 3.38. The van der Waals surface area contributed by atoms with Crippen LogP contribution in [0.25, 0.3) is 0 Å². The van der Waals surface area contributed by atoms with Crippen molar-refractivity contribution in [2.45, 2.75) is 50.1 Å². The third kappa shape index (κ3) is 2.42. The summed E-state index contributed by atoms with van der Waals surface area (Å²) < 4.78 is 75.1. The number of ketones is 1. The van der Waals surface area contributed by atoms with Crippen molar-refractivity contribution in [3.05, 3.63) is 0 Å². The molecule has 2 aliphatic carbocycles.